The lowest BCUT2D eigenvalue weighted by Gasteiger charge is -1.48. The first-order chi connectivity index (χ1) is 4.41. The van der Waals surface area contributed by atoms with Crippen LogP contribution in [0.15, 0.2) is 0 Å². The fraction of sp³-hybridized carbons (Fsp3) is 1.00. The minimum absolute atomic E-state index is 0. The number of hydrogen-bond donors (Lipinski definition) is 0. The summed E-state index contributed by atoms with van der Waals surface area (Å²) < 4.78 is 0. The van der Waals surface area contributed by atoms with Crippen molar-refractivity contribution >= 4 is 0 Å². The van der Waals surface area contributed by atoms with Crippen LogP contribution in [-0.4, -0.2) is 0 Å². The largest absolute Gasteiger partial charge is 0.269 e. The third-order valence-corrected chi connectivity index (χ3v) is 0. The van der Waals surface area contributed by atoms with Crippen LogP contribution in [0.4, 0.5) is 4.70 Å². The fourth-order valence-corrected chi connectivity index (χ4v) is 0. The Bertz CT molecular complexity index is 4.69. The van der Waals surface area contributed by atoms with Gasteiger partial charge in [0.1, 0.15) is 0 Å². The van der Waals surface area contributed by atoms with Crippen LogP contribution in [0, 0.1) is 0 Å². The van der Waals surface area contributed by atoms with E-state index in [9.17, 15) is 0 Å². The molecule has 70 valence electrons. The summed E-state index contributed by atoms with van der Waals surface area (Å²) in [4.78, 5) is 0. The van der Waals surface area contributed by atoms with Gasteiger partial charge in [-0.05, 0) is 0 Å². The van der Waals surface area contributed by atoms with Crippen molar-refractivity contribution in [2.24, 2.45) is 0 Å². The molecule has 0 atom stereocenters. The highest BCUT2D eigenvalue weighted by Crippen LogP contribution is 1.56. The molecule has 0 bridgehead atoms. The minimum Gasteiger partial charge on any atom is -0.269 e. The summed E-state index contributed by atoms with van der Waals surface area (Å²) in [5.41, 5.74) is 0. The van der Waals surface area contributed by atoms with Crippen LogP contribution < -0.4 is 0 Å². The third kappa shape index (κ3) is 77700. The Balaban J connectivity index is -0.0000000110. The molecule has 0 rings (SSSR count). The highest BCUT2D eigenvalue weighted by Gasteiger charge is 1.35. The van der Waals surface area contributed by atoms with E-state index in [-0.39, 0.29) is 4.70 Å². The van der Waals surface area contributed by atoms with E-state index in [1.807, 2.05) is 41.5 Å². The summed E-state index contributed by atoms with van der Waals surface area (Å²) in [6.07, 6.45) is 1.25. The molecule has 0 aliphatic rings. The highest BCUT2D eigenvalue weighted by atomic mass is 19.0. The summed E-state index contributed by atoms with van der Waals surface area (Å²) in [6, 6.07) is 0. The Morgan fingerprint density at radius 3 is 0.600 bits per heavy atom. The zero-order valence-electron chi connectivity index (χ0n) is 9.12. The average molecular weight is 154 g/mol. The Morgan fingerprint density at radius 1 is 0.600 bits per heavy atom. The van der Waals surface area contributed by atoms with E-state index in [0.29, 0.717) is 0 Å². The Hall–Kier alpha value is -0.0700. The predicted octanol–water partition coefficient (Wildman–Crippen LogP) is 4.65. The molecular formula is C9H27F. The van der Waals surface area contributed by atoms with Gasteiger partial charge in [-0.1, -0.05) is 61.8 Å². The van der Waals surface area contributed by atoms with Crippen molar-refractivity contribution in [3.63, 3.8) is 0 Å². The molecule has 0 aliphatic heterocycles. The van der Waals surface area contributed by atoms with E-state index in [1.54, 1.807) is 0 Å². The quantitative estimate of drug-likeness (QED) is 0.476. The van der Waals surface area contributed by atoms with E-state index in [4.69, 9.17) is 0 Å². The van der Waals surface area contributed by atoms with Crippen molar-refractivity contribution in [3.05, 3.63) is 0 Å². The molecule has 0 N–H and O–H groups in total. The van der Waals surface area contributed by atoms with E-state index in [1.165, 1.54) is 6.42 Å². The van der Waals surface area contributed by atoms with Crippen molar-refractivity contribution in [2.75, 3.05) is 0 Å². The molecule has 0 aromatic heterocycles. The van der Waals surface area contributed by atoms with Crippen LogP contribution in [0.5, 0.6) is 0 Å². The lowest BCUT2D eigenvalue weighted by Crippen LogP contribution is -1.27. The Labute approximate surface area is 67.4 Å². The molecule has 0 aromatic rings. The normalized spacial score (nSPS) is 3.60. The second kappa shape index (κ2) is 649. The summed E-state index contributed by atoms with van der Waals surface area (Å²) in [6.45, 7) is 16.2. The zero-order valence-corrected chi connectivity index (χ0v) is 9.12. The van der Waals surface area contributed by atoms with Gasteiger partial charge in [0.15, 0.2) is 0 Å². The Kier molecular flexibility index (Phi) is 2120. The third-order valence-electron chi connectivity index (χ3n) is 0. The molecule has 0 saturated carbocycles. The molecule has 0 unspecified atom stereocenters. The van der Waals surface area contributed by atoms with Crippen LogP contribution in [-0.2, 0) is 0 Å². The van der Waals surface area contributed by atoms with Crippen LogP contribution in [0.2, 0.25) is 0 Å². The second-order valence-corrected chi connectivity index (χ2v) is 0.707. The van der Waals surface area contributed by atoms with E-state index in [2.05, 4.69) is 13.8 Å². The monoisotopic (exact) mass is 154 g/mol. The second-order valence-electron chi connectivity index (χ2n) is 0.707. The SMILES string of the molecule is CC.CC.CC.CCC.F. The van der Waals surface area contributed by atoms with Gasteiger partial charge in [-0.25, -0.2) is 0 Å². The maximum Gasteiger partial charge on any atom is -0.0590 e. The first-order valence-corrected chi connectivity index (χ1v) is 4.41. The standard InChI is InChI=1S/C3H8.3C2H6.FH/c1-3-2;3*1-2;/h3H2,1-2H3;3*1-2H3;1H. The molecule has 0 aromatic carbocycles. The van der Waals surface area contributed by atoms with Gasteiger partial charge in [-0.2, -0.15) is 0 Å². The molecule has 0 fully saturated rings. The van der Waals surface area contributed by atoms with Gasteiger partial charge >= 0.3 is 0 Å². The van der Waals surface area contributed by atoms with Crippen molar-refractivity contribution in [2.45, 2.75) is 61.8 Å². The van der Waals surface area contributed by atoms with E-state index < -0.39 is 0 Å². The van der Waals surface area contributed by atoms with Crippen LogP contribution in [0.3, 0.4) is 0 Å². The molecule has 0 amide bonds. The van der Waals surface area contributed by atoms with E-state index in [0.717, 1.165) is 0 Å². The van der Waals surface area contributed by atoms with Gasteiger partial charge in [0.05, 0.1) is 0 Å². The number of halogens is 1. The highest BCUT2D eigenvalue weighted by molar-refractivity contribution is 3.92. The zero-order chi connectivity index (χ0) is 8.71. The van der Waals surface area contributed by atoms with Gasteiger partial charge in [0, 0.05) is 0 Å². The number of rotatable bonds is 0. The van der Waals surface area contributed by atoms with Crippen molar-refractivity contribution in [1.82, 2.24) is 0 Å². The van der Waals surface area contributed by atoms with Gasteiger partial charge in [-0.15, -0.1) is 0 Å². The molecule has 10 heavy (non-hydrogen) atoms. The van der Waals surface area contributed by atoms with Crippen LogP contribution in [0.1, 0.15) is 61.8 Å². The van der Waals surface area contributed by atoms with E-state index >= 15 is 0 Å². The topological polar surface area (TPSA) is 0 Å². The summed E-state index contributed by atoms with van der Waals surface area (Å²) in [7, 11) is 0. The smallest absolute Gasteiger partial charge is 0.0590 e. The lowest BCUT2D eigenvalue weighted by molar-refractivity contribution is 1.09. The molecular weight excluding hydrogens is 127 g/mol. The Morgan fingerprint density at radius 2 is 0.600 bits per heavy atom. The first-order valence-electron chi connectivity index (χ1n) is 4.41. The molecule has 0 aliphatic carbocycles. The minimum atomic E-state index is 0. The molecule has 1 heteroatoms. The lowest BCUT2D eigenvalue weighted by atomic mass is 10.6. The fourth-order valence-electron chi connectivity index (χ4n) is 0. The molecule has 0 spiro atoms. The number of hydrogen-bond acceptors (Lipinski definition) is 0. The molecule has 0 heterocycles. The summed E-state index contributed by atoms with van der Waals surface area (Å²) in [5, 5.41) is 0. The predicted molar refractivity (Wildman–Crippen MR) is 52.5 cm³/mol. The summed E-state index contributed by atoms with van der Waals surface area (Å²) in [5.74, 6) is 0. The molecule has 0 saturated heterocycles. The van der Waals surface area contributed by atoms with Crippen LogP contribution in [0.25, 0.3) is 0 Å². The molecule has 0 radical (unpaired) electrons. The van der Waals surface area contributed by atoms with Crippen molar-refractivity contribution < 1.29 is 4.70 Å². The van der Waals surface area contributed by atoms with Crippen molar-refractivity contribution in [3.8, 4) is 0 Å². The average Bonchev–Trinajstić information content (AvgIpc) is 2.01. The summed E-state index contributed by atoms with van der Waals surface area (Å²) >= 11 is 0. The van der Waals surface area contributed by atoms with Gasteiger partial charge in [0.25, 0.3) is 0 Å². The van der Waals surface area contributed by atoms with Crippen LogP contribution >= 0.6 is 0 Å². The first kappa shape index (κ1) is 32.6. The maximum absolute atomic E-state index is 2.12. The maximum atomic E-state index is 2.12. The van der Waals surface area contributed by atoms with Gasteiger partial charge < -0.3 is 0 Å². The molecule has 0 nitrogen and oxygen atoms in total. The van der Waals surface area contributed by atoms with Gasteiger partial charge in [0.2, 0.25) is 0 Å². The van der Waals surface area contributed by atoms with Crippen molar-refractivity contribution in [1.29, 1.82) is 0 Å². The van der Waals surface area contributed by atoms with Gasteiger partial charge in [-0.3, -0.25) is 4.70 Å².